The summed E-state index contributed by atoms with van der Waals surface area (Å²) in [6.07, 6.45) is 2.87. The van der Waals surface area contributed by atoms with Gasteiger partial charge in [-0.25, -0.2) is 0 Å². The molecule has 0 aliphatic carbocycles. The maximum absolute atomic E-state index is 11.8. The third-order valence-electron chi connectivity index (χ3n) is 4.02. The van der Waals surface area contributed by atoms with Crippen LogP contribution in [0.25, 0.3) is 0 Å². The summed E-state index contributed by atoms with van der Waals surface area (Å²) in [5.41, 5.74) is -0.630. The van der Waals surface area contributed by atoms with Crippen molar-refractivity contribution in [2.24, 2.45) is 0 Å². The molecule has 0 radical (unpaired) electrons. The van der Waals surface area contributed by atoms with Crippen molar-refractivity contribution >= 4 is 17.7 Å². The first-order valence-corrected chi connectivity index (χ1v) is 7.53. The summed E-state index contributed by atoms with van der Waals surface area (Å²) in [5, 5.41) is 13.3. The highest BCUT2D eigenvalue weighted by Crippen LogP contribution is 2.39. The molecule has 2 aliphatic heterocycles. The largest absolute Gasteiger partial charge is 0.480 e. The Balaban J connectivity index is 2.22. The molecular formula is C12H22N2O2S. The van der Waals surface area contributed by atoms with Gasteiger partial charge in [0.15, 0.2) is 0 Å². The van der Waals surface area contributed by atoms with E-state index in [0.29, 0.717) is 0 Å². The third-order valence-corrected chi connectivity index (χ3v) is 5.43. The molecule has 2 fully saturated rings. The van der Waals surface area contributed by atoms with Crippen molar-refractivity contribution in [1.29, 1.82) is 0 Å². The molecule has 0 saturated carbocycles. The van der Waals surface area contributed by atoms with Gasteiger partial charge in [0.1, 0.15) is 5.54 Å². The number of thioether (sulfide) groups is 1. The molecule has 0 aromatic rings. The zero-order valence-electron chi connectivity index (χ0n) is 10.4. The lowest BCUT2D eigenvalue weighted by atomic mass is 9.87. The van der Waals surface area contributed by atoms with Crippen LogP contribution < -0.4 is 5.32 Å². The molecule has 2 rings (SSSR count). The van der Waals surface area contributed by atoms with Gasteiger partial charge in [-0.3, -0.25) is 9.69 Å². The Hall–Kier alpha value is -0.260. The summed E-state index contributed by atoms with van der Waals surface area (Å²) < 4.78 is 0. The van der Waals surface area contributed by atoms with Crippen molar-refractivity contribution in [3.8, 4) is 0 Å². The van der Waals surface area contributed by atoms with Crippen molar-refractivity contribution < 1.29 is 9.90 Å². The molecule has 2 atom stereocenters. The molecule has 0 aromatic carbocycles. The average molecular weight is 258 g/mol. The number of nitrogens with zero attached hydrogens (tertiary/aromatic N) is 1. The van der Waals surface area contributed by atoms with E-state index in [4.69, 9.17) is 0 Å². The van der Waals surface area contributed by atoms with Gasteiger partial charge in [-0.1, -0.05) is 6.92 Å². The van der Waals surface area contributed by atoms with E-state index in [1.54, 1.807) is 0 Å². The van der Waals surface area contributed by atoms with Crippen LogP contribution in [0.4, 0.5) is 0 Å². The quantitative estimate of drug-likeness (QED) is 0.774. The van der Waals surface area contributed by atoms with Crippen molar-refractivity contribution in [2.75, 3.05) is 31.9 Å². The van der Waals surface area contributed by atoms with E-state index >= 15 is 0 Å². The SMILES string of the molecule is CC1SCCCC1(C(=O)O)N1CCCNCC1. The van der Waals surface area contributed by atoms with Gasteiger partial charge < -0.3 is 10.4 Å². The van der Waals surface area contributed by atoms with Crippen LogP contribution in [0.3, 0.4) is 0 Å². The number of aliphatic carboxylic acids is 1. The van der Waals surface area contributed by atoms with Gasteiger partial charge in [0.25, 0.3) is 0 Å². The molecule has 5 heteroatoms. The van der Waals surface area contributed by atoms with Crippen molar-refractivity contribution in [1.82, 2.24) is 10.2 Å². The summed E-state index contributed by atoms with van der Waals surface area (Å²) >= 11 is 1.81. The fourth-order valence-corrected chi connectivity index (χ4v) is 4.33. The lowest BCUT2D eigenvalue weighted by Crippen LogP contribution is -2.62. The van der Waals surface area contributed by atoms with Gasteiger partial charge in [-0.15, -0.1) is 0 Å². The topological polar surface area (TPSA) is 52.6 Å². The Bertz CT molecular complexity index is 280. The molecule has 17 heavy (non-hydrogen) atoms. The molecule has 2 heterocycles. The third kappa shape index (κ3) is 2.46. The standard InChI is InChI=1S/C12H22N2O2S/c1-10-12(11(15)16,4-2-9-17-10)14-7-3-5-13-6-8-14/h10,13H,2-9H2,1H3,(H,15,16). The summed E-state index contributed by atoms with van der Waals surface area (Å²) in [5.74, 6) is 0.474. The molecule has 2 unspecified atom stereocenters. The Kier molecular flexibility index (Phi) is 4.33. The van der Waals surface area contributed by atoms with Crippen LogP contribution in [-0.2, 0) is 4.79 Å². The van der Waals surface area contributed by atoms with E-state index in [-0.39, 0.29) is 5.25 Å². The monoisotopic (exact) mass is 258 g/mol. The average Bonchev–Trinajstić information content (AvgIpc) is 2.58. The fourth-order valence-electron chi connectivity index (χ4n) is 3.02. The Morgan fingerprint density at radius 3 is 2.94 bits per heavy atom. The number of carboxylic acids is 1. The number of hydrogen-bond acceptors (Lipinski definition) is 4. The molecule has 0 amide bonds. The first-order valence-electron chi connectivity index (χ1n) is 6.48. The van der Waals surface area contributed by atoms with Crippen LogP contribution in [0.1, 0.15) is 26.2 Å². The molecular weight excluding hydrogens is 236 g/mol. The molecule has 0 spiro atoms. The molecule has 4 nitrogen and oxygen atoms in total. The zero-order chi connectivity index (χ0) is 12.3. The van der Waals surface area contributed by atoms with Gasteiger partial charge in [-0.2, -0.15) is 11.8 Å². The number of carboxylic acid groups (broad SMARTS) is 1. The maximum atomic E-state index is 11.8. The first-order chi connectivity index (χ1) is 8.18. The van der Waals surface area contributed by atoms with Crippen LogP contribution in [0, 0.1) is 0 Å². The van der Waals surface area contributed by atoms with E-state index in [0.717, 1.165) is 51.2 Å². The van der Waals surface area contributed by atoms with Crippen molar-refractivity contribution in [2.45, 2.75) is 37.0 Å². The molecule has 0 aromatic heterocycles. The normalized spacial score (nSPS) is 36.4. The van der Waals surface area contributed by atoms with Crippen molar-refractivity contribution in [3.05, 3.63) is 0 Å². The zero-order valence-corrected chi connectivity index (χ0v) is 11.3. The predicted molar refractivity (Wildman–Crippen MR) is 70.6 cm³/mol. The number of rotatable bonds is 2. The van der Waals surface area contributed by atoms with Gasteiger partial charge >= 0.3 is 5.97 Å². The Morgan fingerprint density at radius 1 is 1.41 bits per heavy atom. The molecule has 98 valence electrons. The van der Waals surface area contributed by atoms with E-state index in [1.165, 1.54) is 0 Å². The van der Waals surface area contributed by atoms with Crippen LogP contribution in [0.2, 0.25) is 0 Å². The second kappa shape index (κ2) is 5.59. The van der Waals surface area contributed by atoms with Crippen molar-refractivity contribution in [3.63, 3.8) is 0 Å². The fraction of sp³-hybridized carbons (Fsp3) is 0.917. The highest BCUT2D eigenvalue weighted by Gasteiger charge is 2.50. The summed E-state index contributed by atoms with van der Waals surface area (Å²) in [7, 11) is 0. The lowest BCUT2D eigenvalue weighted by Gasteiger charge is -2.46. The lowest BCUT2D eigenvalue weighted by molar-refractivity contribution is -0.152. The molecule has 2 aliphatic rings. The van der Waals surface area contributed by atoms with Gasteiger partial charge in [0, 0.05) is 24.9 Å². The molecule has 2 saturated heterocycles. The summed E-state index contributed by atoms with van der Waals surface area (Å²) in [6, 6.07) is 0. The van der Waals surface area contributed by atoms with E-state index in [2.05, 4.69) is 17.1 Å². The van der Waals surface area contributed by atoms with Crippen LogP contribution in [-0.4, -0.2) is 58.7 Å². The number of hydrogen-bond donors (Lipinski definition) is 2. The second-order valence-electron chi connectivity index (χ2n) is 4.94. The van der Waals surface area contributed by atoms with Gasteiger partial charge in [0.05, 0.1) is 0 Å². The van der Waals surface area contributed by atoms with E-state index in [9.17, 15) is 9.90 Å². The number of carbonyl (C=O) groups is 1. The van der Waals surface area contributed by atoms with E-state index in [1.807, 2.05) is 11.8 Å². The van der Waals surface area contributed by atoms with Gasteiger partial charge in [0.2, 0.25) is 0 Å². The van der Waals surface area contributed by atoms with Gasteiger partial charge in [-0.05, 0) is 31.6 Å². The van der Waals surface area contributed by atoms with Crippen LogP contribution in [0.5, 0.6) is 0 Å². The minimum absolute atomic E-state index is 0.187. The number of nitrogens with one attached hydrogen (secondary N) is 1. The maximum Gasteiger partial charge on any atom is 0.325 e. The highest BCUT2D eigenvalue weighted by molar-refractivity contribution is 8.00. The highest BCUT2D eigenvalue weighted by atomic mass is 32.2. The Labute approximate surface area is 107 Å². The van der Waals surface area contributed by atoms with Crippen LogP contribution in [0.15, 0.2) is 0 Å². The predicted octanol–water partition coefficient (Wildman–Crippen LogP) is 1.02. The minimum Gasteiger partial charge on any atom is -0.480 e. The molecule has 0 bridgehead atoms. The second-order valence-corrected chi connectivity index (χ2v) is 6.39. The summed E-state index contributed by atoms with van der Waals surface area (Å²) in [6.45, 7) is 5.76. The first kappa shape index (κ1) is 13.2. The van der Waals surface area contributed by atoms with E-state index < -0.39 is 11.5 Å². The van der Waals surface area contributed by atoms with Crippen LogP contribution >= 0.6 is 11.8 Å². The Morgan fingerprint density at radius 2 is 2.24 bits per heavy atom. The minimum atomic E-state index is -0.630. The molecule has 2 N–H and O–H groups in total. The summed E-state index contributed by atoms with van der Waals surface area (Å²) in [4.78, 5) is 14.0. The smallest absolute Gasteiger partial charge is 0.325 e.